The number of rotatable bonds is 8. The van der Waals surface area contributed by atoms with Crippen LogP contribution in [0.2, 0.25) is 0 Å². The number of methoxy groups -OCH3 is 2. The van der Waals surface area contributed by atoms with Gasteiger partial charge in [0, 0.05) is 32.3 Å². The summed E-state index contributed by atoms with van der Waals surface area (Å²) in [6, 6.07) is 18.4. The van der Waals surface area contributed by atoms with Crippen LogP contribution in [-0.2, 0) is 32.0 Å². The van der Waals surface area contributed by atoms with E-state index in [1.165, 1.54) is 18.2 Å². The summed E-state index contributed by atoms with van der Waals surface area (Å²) in [7, 11) is 3.09. The van der Waals surface area contributed by atoms with Gasteiger partial charge in [-0.3, -0.25) is 4.79 Å². The summed E-state index contributed by atoms with van der Waals surface area (Å²) < 4.78 is 23.0. The van der Waals surface area contributed by atoms with Crippen molar-refractivity contribution >= 4 is 17.9 Å². The Hall–Kier alpha value is -4.11. The Morgan fingerprint density at radius 3 is 2.53 bits per heavy atom. The van der Waals surface area contributed by atoms with E-state index in [1.807, 2.05) is 75.9 Å². The quantitative estimate of drug-likeness (QED) is 0.244. The van der Waals surface area contributed by atoms with Gasteiger partial charge in [-0.05, 0) is 93.8 Å². The molecular formula is C38H49N3O6. The summed E-state index contributed by atoms with van der Waals surface area (Å²) in [6.45, 7) is 14.5. The van der Waals surface area contributed by atoms with E-state index in [1.54, 1.807) is 7.11 Å². The molecule has 0 aliphatic carbocycles. The van der Waals surface area contributed by atoms with Crippen molar-refractivity contribution in [3.8, 4) is 17.0 Å². The van der Waals surface area contributed by atoms with E-state index in [0.29, 0.717) is 39.3 Å². The molecule has 47 heavy (non-hydrogen) atoms. The number of amides is 1. The second-order valence-corrected chi connectivity index (χ2v) is 14.1. The minimum Gasteiger partial charge on any atom is -0.488 e. The standard InChI is InChI=1S/C38H49N3O6/c1-25-11-9-12-29(31-13-10-14-33(39-31)41-20-18-38(6,35(42)45-8)32(41)24-44-7)34(25)46-23-27-15-16-28-17-19-40(22-26(2)30(28)21-27)36(43)47-37(3,4)5/h9-16,21,26,32H,17-20,22-24H2,1-8H3/t26?,32?,38-/m1/s1. The van der Waals surface area contributed by atoms with Crippen LogP contribution in [-0.4, -0.2) is 74.1 Å². The molecule has 0 bridgehead atoms. The molecule has 2 aliphatic heterocycles. The Morgan fingerprint density at radius 1 is 1.04 bits per heavy atom. The fourth-order valence-electron chi connectivity index (χ4n) is 6.82. The molecule has 3 heterocycles. The van der Waals surface area contributed by atoms with Crippen molar-refractivity contribution in [3.63, 3.8) is 0 Å². The van der Waals surface area contributed by atoms with Gasteiger partial charge in [0.05, 0.1) is 30.9 Å². The topological polar surface area (TPSA) is 90.4 Å². The van der Waals surface area contributed by atoms with E-state index in [-0.39, 0.29) is 24.0 Å². The largest absolute Gasteiger partial charge is 0.488 e. The highest BCUT2D eigenvalue weighted by Gasteiger charge is 2.50. The predicted molar refractivity (Wildman–Crippen MR) is 183 cm³/mol. The molecular weight excluding hydrogens is 594 g/mol. The number of pyridine rings is 1. The maximum atomic E-state index is 12.8. The first-order valence-corrected chi connectivity index (χ1v) is 16.5. The maximum Gasteiger partial charge on any atom is 0.410 e. The molecule has 1 amide bonds. The molecule has 0 radical (unpaired) electrons. The van der Waals surface area contributed by atoms with Crippen LogP contribution in [0.3, 0.4) is 0 Å². The molecule has 0 saturated carbocycles. The number of aromatic nitrogens is 1. The molecule has 2 aliphatic rings. The first-order valence-electron chi connectivity index (χ1n) is 16.5. The van der Waals surface area contributed by atoms with Crippen molar-refractivity contribution in [2.24, 2.45) is 5.41 Å². The van der Waals surface area contributed by atoms with Gasteiger partial charge in [0.25, 0.3) is 0 Å². The summed E-state index contributed by atoms with van der Waals surface area (Å²) in [6.07, 6.45) is 1.17. The lowest BCUT2D eigenvalue weighted by Crippen LogP contribution is -2.46. The number of aryl methyl sites for hydroxylation is 1. The molecule has 9 nitrogen and oxygen atoms in total. The van der Waals surface area contributed by atoms with Crippen molar-refractivity contribution in [2.75, 3.05) is 45.4 Å². The van der Waals surface area contributed by atoms with Crippen LogP contribution in [0.15, 0.2) is 54.6 Å². The normalized spacial score (nSPS) is 21.2. The van der Waals surface area contributed by atoms with Crippen LogP contribution in [0, 0.1) is 12.3 Å². The Balaban J connectivity index is 1.36. The van der Waals surface area contributed by atoms with E-state index < -0.39 is 11.0 Å². The lowest BCUT2D eigenvalue weighted by atomic mass is 9.82. The minimum atomic E-state index is -0.695. The summed E-state index contributed by atoms with van der Waals surface area (Å²) in [5.74, 6) is 1.49. The number of carbonyl (C=O) groups excluding carboxylic acids is 2. The Kier molecular flexibility index (Phi) is 10.2. The molecule has 0 spiro atoms. The number of esters is 1. The highest BCUT2D eigenvalue weighted by molar-refractivity contribution is 5.79. The van der Waals surface area contributed by atoms with Gasteiger partial charge < -0.3 is 28.7 Å². The van der Waals surface area contributed by atoms with Gasteiger partial charge in [0.2, 0.25) is 0 Å². The monoisotopic (exact) mass is 643 g/mol. The van der Waals surface area contributed by atoms with Gasteiger partial charge in [-0.15, -0.1) is 0 Å². The Labute approximate surface area is 279 Å². The van der Waals surface area contributed by atoms with Gasteiger partial charge >= 0.3 is 12.1 Å². The molecule has 1 aromatic heterocycles. The lowest BCUT2D eigenvalue weighted by molar-refractivity contribution is -0.152. The average molecular weight is 644 g/mol. The highest BCUT2D eigenvalue weighted by Crippen LogP contribution is 2.41. The van der Waals surface area contributed by atoms with E-state index >= 15 is 0 Å². The summed E-state index contributed by atoms with van der Waals surface area (Å²) in [5.41, 5.74) is 5.05. The number of hydrogen-bond acceptors (Lipinski definition) is 8. The highest BCUT2D eigenvalue weighted by atomic mass is 16.6. The third kappa shape index (κ3) is 7.40. The molecule has 0 N–H and O–H groups in total. The van der Waals surface area contributed by atoms with E-state index in [2.05, 4.69) is 30.0 Å². The van der Waals surface area contributed by atoms with Crippen molar-refractivity contribution in [1.82, 2.24) is 9.88 Å². The molecule has 2 unspecified atom stereocenters. The fraction of sp³-hybridized carbons (Fsp3) is 0.500. The zero-order valence-electron chi connectivity index (χ0n) is 29.1. The van der Waals surface area contributed by atoms with Crippen LogP contribution in [0.1, 0.15) is 69.2 Å². The smallest absolute Gasteiger partial charge is 0.410 e. The van der Waals surface area contributed by atoms with Crippen LogP contribution in [0.4, 0.5) is 10.6 Å². The van der Waals surface area contributed by atoms with Crippen LogP contribution < -0.4 is 9.64 Å². The summed E-state index contributed by atoms with van der Waals surface area (Å²) in [4.78, 5) is 34.7. The number of carbonyl (C=O) groups is 2. The van der Waals surface area contributed by atoms with Crippen molar-refractivity contribution in [3.05, 3.63) is 76.9 Å². The third-order valence-electron chi connectivity index (χ3n) is 9.40. The number of fused-ring (bicyclic) bond motifs is 1. The first-order chi connectivity index (χ1) is 22.3. The molecule has 9 heteroatoms. The second-order valence-electron chi connectivity index (χ2n) is 14.1. The number of nitrogens with zero attached hydrogens (tertiary/aromatic N) is 3. The van der Waals surface area contributed by atoms with Gasteiger partial charge in [-0.1, -0.05) is 43.3 Å². The summed E-state index contributed by atoms with van der Waals surface area (Å²) in [5, 5.41) is 0. The maximum absolute atomic E-state index is 12.8. The Morgan fingerprint density at radius 2 is 1.81 bits per heavy atom. The molecule has 3 aromatic rings. The SMILES string of the molecule is COCC1N(c2cccc(-c3cccc(C)c3OCc3ccc4c(c3)C(C)CN(C(=O)OC(C)(C)C)CC4)n2)CC[C@@]1(C)C(=O)OC. The van der Waals surface area contributed by atoms with Gasteiger partial charge in [0.1, 0.15) is 23.8 Å². The number of para-hydroxylation sites is 1. The molecule has 3 atom stereocenters. The fourth-order valence-corrected chi connectivity index (χ4v) is 6.82. The van der Waals surface area contributed by atoms with Gasteiger partial charge in [0.15, 0.2) is 0 Å². The first kappa shape index (κ1) is 34.2. The van der Waals surface area contributed by atoms with Crippen LogP contribution in [0.5, 0.6) is 5.75 Å². The van der Waals surface area contributed by atoms with Crippen molar-refractivity contribution in [2.45, 2.75) is 78.6 Å². The number of anilines is 1. The Bertz CT molecular complexity index is 1600. The molecule has 252 valence electrons. The van der Waals surface area contributed by atoms with Gasteiger partial charge in [-0.25, -0.2) is 9.78 Å². The molecule has 2 aromatic carbocycles. The van der Waals surface area contributed by atoms with Crippen LogP contribution in [0.25, 0.3) is 11.3 Å². The molecule has 1 fully saturated rings. The number of benzene rings is 2. The van der Waals surface area contributed by atoms with E-state index in [0.717, 1.165) is 40.4 Å². The second kappa shape index (κ2) is 13.9. The average Bonchev–Trinajstić information content (AvgIpc) is 3.28. The van der Waals surface area contributed by atoms with Gasteiger partial charge in [-0.2, -0.15) is 0 Å². The van der Waals surface area contributed by atoms with E-state index in [9.17, 15) is 9.59 Å². The van der Waals surface area contributed by atoms with Crippen molar-refractivity contribution < 1.29 is 28.5 Å². The van der Waals surface area contributed by atoms with E-state index in [4.69, 9.17) is 23.9 Å². The third-order valence-corrected chi connectivity index (χ3v) is 9.40. The number of hydrogen-bond donors (Lipinski definition) is 0. The predicted octanol–water partition coefficient (Wildman–Crippen LogP) is 6.94. The number of ether oxygens (including phenoxy) is 4. The zero-order chi connectivity index (χ0) is 33.9. The lowest BCUT2D eigenvalue weighted by Gasteiger charge is -2.33. The minimum absolute atomic E-state index is 0.162. The molecule has 5 rings (SSSR count). The van der Waals surface area contributed by atoms with Crippen LogP contribution >= 0.6 is 0 Å². The van der Waals surface area contributed by atoms with Crippen molar-refractivity contribution in [1.29, 1.82) is 0 Å². The zero-order valence-corrected chi connectivity index (χ0v) is 29.1. The summed E-state index contributed by atoms with van der Waals surface area (Å²) >= 11 is 0. The molecule has 1 saturated heterocycles.